The summed E-state index contributed by atoms with van der Waals surface area (Å²) in [6, 6.07) is 2.45. The molecule has 0 spiro atoms. The van der Waals surface area contributed by atoms with Gasteiger partial charge in [-0.25, -0.2) is 9.97 Å². The van der Waals surface area contributed by atoms with Crippen molar-refractivity contribution in [1.29, 1.82) is 0 Å². The number of anilines is 2. The van der Waals surface area contributed by atoms with Gasteiger partial charge in [0.1, 0.15) is 16.6 Å². The molecule has 0 aromatic carbocycles. The lowest BCUT2D eigenvalue weighted by molar-refractivity contribution is 0.198. The highest BCUT2D eigenvalue weighted by atomic mass is 32.1. The molecule has 3 aromatic heterocycles. The van der Waals surface area contributed by atoms with Crippen molar-refractivity contribution in [2.45, 2.75) is 26.1 Å². The number of aromatic nitrogens is 4. The number of nitrogens with one attached hydrogen (secondary N) is 1. The van der Waals surface area contributed by atoms with Crippen molar-refractivity contribution in [1.82, 2.24) is 25.1 Å². The van der Waals surface area contributed by atoms with Gasteiger partial charge in [0.05, 0.1) is 5.51 Å². The molecule has 1 fully saturated rings. The second-order valence-electron chi connectivity index (χ2n) is 6.35. The quantitative estimate of drug-likeness (QED) is 0.640. The minimum Gasteiger partial charge on any atom is -0.374 e. The van der Waals surface area contributed by atoms with E-state index < -0.39 is 6.23 Å². The maximum atomic E-state index is 9.38. The molecule has 1 aliphatic heterocycles. The van der Waals surface area contributed by atoms with Crippen LogP contribution < -0.4 is 10.2 Å². The van der Waals surface area contributed by atoms with Crippen molar-refractivity contribution in [3.63, 3.8) is 0 Å². The standard InChI is InChI=1S/C16H21N7OS2/c1-10(12-7-13-14(17-8-12)25-9-18-13)22-3-5-23(6-4-22)16-21-20-15(26-16)19-11(2)24/h7-11,24H,3-6H2,1-2H3,(H,19,20)/t10-,11?/m0/s1. The number of pyridine rings is 1. The van der Waals surface area contributed by atoms with Gasteiger partial charge < -0.3 is 15.3 Å². The number of aliphatic hydroxyl groups is 1. The first-order valence-corrected chi connectivity index (χ1v) is 10.3. The number of fused-ring (bicyclic) bond motifs is 1. The summed E-state index contributed by atoms with van der Waals surface area (Å²) >= 11 is 3.04. The average molecular weight is 392 g/mol. The summed E-state index contributed by atoms with van der Waals surface area (Å²) in [7, 11) is 0. The number of aliphatic hydroxyl groups excluding tert-OH is 1. The molecule has 1 saturated heterocycles. The number of thiazole rings is 1. The van der Waals surface area contributed by atoms with E-state index in [1.54, 1.807) is 18.3 Å². The molecule has 138 valence electrons. The molecule has 0 bridgehead atoms. The van der Waals surface area contributed by atoms with Crippen molar-refractivity contribution < 1.29 is 5.11 Å². The maximum Gasteiger partial charge on any atom is 0.210 e. The number of piperazine rings is 1. The Morgan fingerprint density at radius 3 is 2.73 bits per heavy atom. The van der Waals surface area contributed by atoms with E-state index in [1.807, 2.05) is 11.7 Å². The number of hydrogen-bond donors (Lipinski definition) is 2. The third-order valence-electron chi connectivity index (χ3n) is 4.57. The third kappa shape index (κ3) is 3.63. The van der Waals surface area contributed by atoms with Crippen LogP contribution in [-0.2, 0) is 0 Å². The predicted octanol–water partition coefficient (Wildman–Crippen LogP) is 2.18. The van der Waals surface area contributed by atoms with Crippen LogP contribution in [0.15, 0.2) is 17.8 Å². The highest BCUT2D eigenvalue weighted by Gasteiger charge is 2.24. The lowest BCUT2D eigenvalue weighted by Gasteiger charge is -2.37. The molecule has 0 saturated carbocycles. The van der Waals surface area contributed by atoms with Gasteiger partial charge in [-0.1, -0.05) is 11.3 Å². The Morgan fingerprint density at radius 1 is 1.15 bits per heavy atom. The van der Waals surface area contributed by atoms with Crippen molar-refractivity contribution in [2.75, 3.05) is 36.4 Å². The number of rotatable bonds is 5. The molecule has 4 rings (SSSR count). The fourth-order valence-electron chi connectivity index (χ4n) is 3.09. The van der Waals surface area contributed by atoms with Crippen LogP contribution in [-0.4, -0.2) is 62.6 Å². The summed E-state index contributed by atoms with van der Waals surface area (Å²) in [6.45, 7) is 7.60. The lowest BCUT2D eigenvalue weighted by Crippen LogP contribution is -2.47. The Bertz CT molecular complexity index is 872. The van der Waals surface area contributed by atoms with Crippen LogP contribution in [0.4, 0.5) is 10.3 Å². The zero-order valence-corrected chi connectivity index (χ0v) is 16.3. The summed E-state index contributed by atoms with van der Waals surface area (Å²) in [6.07, 6.45) is 1.34. The topological polar surface area (TPSA) is 90.3 Å². The molecule has 10 heteroatoms. The van der Waals surface area contributed by atoms with Crippen molar-refractivity contribution in [3.05, 3.63) is 23.3 Å². The minimum absolute atomic E-state index is 0.303. The van der Waals surface area contributed by atoms with Gasteiger partial charge in [0.2, 0.25) is 10.3 Å². The Kier molecular flexibility index (Phi) is 4.98. The van der Waals surface area contributed by atoms with E-state index in [-0.39, 0.29) is 0 Å². The van der Waals surface area contributed by atoms with Gasteiger partial charge in [0, 0.05) is 38.4 Å². The van der Waals surface area contributed by atoms with E-state index >= 15 is 0 Å². The van der Waals surface area contributed by atoms with E-state index in [0.717, 1.165) is 41.7 Å². The van der Waals surface area contributed by atoms with Gasteiger partial charge in [0.25, 0.3) is 0 Å². The second kappa shape index (κ2) is 7.39. The summed E-state index contributed by atoms with van der Waals surface area (Å²) < 4.78 is 0. The fourth-order valence-corrected chi connectivity index (χ4v) is 4.58. The van der Waals surface area contributed by atoms with Crippen molar-refractivity contribution >= 4 is 43.3 Å². The van der Waals surface area contributed by atoms with Gasteiger partial charge in [-0.15, -0.1) is 21.5 Å². The summed E-state index contributed by atoms with van der Waals surface area (Å²) in [5.74, 6) is 0. The zero-order valence-electron chi connectivity index (χ0n) is 14.7. The largest absolute Gasteiger partial charge is 0.374 e. The third-order valence-corrected chi connectivity index (χ3v) is 6.24. The molecule has 3 aromatic rings. The Hall–Kier alpha value is -1.88. The smallest absolute Gasteiger partial charge is 0.210 e. The van der Waals surface area contributed by atoms with E-state index in [9.17, 15) is 5.11 Å². The lowest BCUT2D eigenvalue weighted by atomic mass is 10.1. The molecular weight excluding hydrogens is 370 g/mol. The van der Waals surface area contributed by atoms with Crippen LogP contribution in [0.5, 0.6) is 0 Å². The number of nitrogens with zero attached hydrogens (tertiary/aromatic N) is 6. The molecule has 26 heavy (non-hydrogen) atoms. The van der Waals surface area contributed by atoms with E-state index in [2.05, 4.69) is 48.3 Å². The SMILES string of the molecule is CC(O)Nc1nnc(N2CCN([C@@H](C)c3cnc4scnc4c3)CC2)s1. The molecule has 1 unspecified atom stereocenters. The van der Waals surface area contributed by atoms with Crippen LogP contribution in [0, 0.1) is 0 Å². The molecule has 0 radical (unpaired) electrons. The summed E-state index contributed by atoms with van der Waals surface area (Å²) in [4.78, 5) is 14.6. The van der Waals surface area contributed by atoms with E-state index in [4.69, 9.17) is 0 Å². The van der Waals surface area contributed by atoms with Gasteiger partial charge in [-0.05, 0) is 25.5 Å². The molecule has 0 amide bonds. The van der Waals surface area contributed by atoms with Crippen LogP contribution in [0.2, 0.25) is 0 Å². The van der Waals surface area contributed by atoms with Crippen LogP contribution in [0.25, 0.3) is 10.3 Å². The van der Waals surface area contributed by atoms with E-state index in [1.165, 1.54) is 16.9 Å². The summed E-state index contributed by atoms with van der Waals surface area (Å²) in [5, 5.41) is 22.1. The van der Waals surface area contributed by atoms with Crippen molar-refractivity contribution in [3.8, 4) is 0 Å². The normalized spacial score (nSPS) is 18.2. The first-order chi connectivity index (χ1) is 12.6. The summed E-state index contributed by atoms with van der Waals surface area (Å²) in [5.41, 5.74) is 4.02. The van der Waals surface area contributed by atoms with Crippen molar-refractivity contribution in [2.24, 2.45) is 0 Å². The van der Waals surface area contributed by atoms with Gasteiger partial charge in [0.15, 0.2) is 0 Å². The van der Waals surface area contributed by atoms with Gasteiger partial charge in [-0.2, -0.15) is 0 Å². The molecule has 8 nitrogen and oxygen atoms in total. The maximum absolute atomic E-state index is 9.38. The van der Waals surface area contributed by atoms with Gasteiger partial charge >= 0.3 is 0 Å². The molecular formula is C16H21N7OS2. The zero-order chi connectivity index (χ0) is 18.1. The first kappa shape index (κ1) is 17.5. The molecule has 4 heterocycles. The average Bonchev–Trinajstić information content (AvgIpc) is 3.29. The predicted molar refractivity (Wildman–Crippen MR) is 105 cm³/mol. The van der Waals surface area contributed by atoms with Crippen LogP contribution in [0.3, 0.4) is 0 Å². The number of hydrogen-bond acceptors (Lipinski definition) is 10. The Labute approximate surface area is 159 Å². The second-order valence-corrected chi connectivity index (χ2v) is 8.14. The van der Waals surface area contributed by atoms with E-state index in [0.29, 0.717) is 11.2 Å². The minimum atomic E-state index is -0.628. The molecule has 1 aliphatic rings. The van der Waals surface area contributed by atoms with Gasteiger partial charge in [-0.3, -0.25) is 4.90 Å². The highest BCUT2D eigenvalue weighted by molar-refractivity contribution is 7.19. The molecule has 0 aliphatic carbocycles. The van der Waals surface area contributed by atoms with Crippen LogP contribution in [0.1, 0.15) is 25.5 Å². The monoisotopic (exact) mass is 391 g/mol. The Balaban J connectivity index is 1.38. The first-order valence-electron chi connectivity index (χ1n) is 8.56. The fraction of sp³-hybridized carbons (Fsp3) is 0.500. The molecule has 2 N–H and O–H groups in total. The highest BCUT2D eigenvalue weighted by Crippen LogP contribution is 2.28. The molecule has 2 atom stereocenters. The Morgan fingerprint density at radius 2 is 1.96 bits per heavy atom. The van der Waals surface area contributed by atoms with Crippen LogP contribution >= 0.6 is 22.7 Å².